The number of rotatable bonds is 5. The second-order valence-electron chi connectivity index (χ2n) is 5.52. The van der Waals surface area contributed by atoms with Crippen LogP contribution in [0.2, 0.25) is 5.02 Å². The highest BCUT2D eigenvalue weighted by Gasteiger charge is 2.06. The molecular formula is C20H15ClN4O2. The van der Waals surface area contributed by atoms with Gasteiger partial charge in [0.05, 0.1) is 6.21 Å². The van der Waals surface area contributed by atoms with E-state index in [0.29, 0.717) is 21.8 Å². The molecule has 1 heterocycles. The van der Waals surface area contributed by atoms with Gasteiger partial charge in [0.1, 0.15) is 0 Å². The smallest absolute Gasteiger partial charge is 0.271 e. The van der Waals surface area contributed by atoms with Crippen LogP contribution in [0.15, 0.2) is 78.2 Å². The summed E-state index contributed by atoms with van der Waals surface area (Å²) in [6.07, 6.45) is 4.57. The second kappa shape index (κ2) is 8.73. The predicted molar refractivity (Wildman–Crippen MR) is 105 cm³/mol. The van der Waals surface area contributed by atoms with Crippen LogP contribution in [0.5, 0.6) is 0 Å². The third kappa shape index (κ3) is 5.23. The lowest BCUT2D eigenvalue weighted by Gasteiger charge is -2.05. The first-order chi connectivity index (χ1) is 13.1. The Balaban J connectivity index is 1.57. The maximum absolute atomic E-state index is 12.2. The first kappa shape index (κ1) is 18.3. The van der Waals surface area contributed by atoms with E-state index in [1.54, 1.807) is 60.7 Å². The number of hydrogen-bond acceptors (Lipinski definition) is 4. The highest BCUT2D eigenvalue weighted by Crippen LogP contribution is 2.14. The van der Waals surface area contributed by atoms with Gasteiger partial charge in [0, 0.05) is 34.2 Å². The minimum atomic E-state index is -0.326. The van der Waals surface area contributed by atoms with Crippen LogP contribution in [0, 0.1) is 0 Å². The summed E-state index contributed by atoms with van der Waals surface area (Å²) in [4.78, 5) is 27.9. The molecule has 2 N–H and O–H groups in total. The molecule has 3 rings (SSSR count). The maximum atomic E-state index is 12.2. The SMILES string of the molecule is O=C(NN=Cc1ccc(C(=O)Nc2ccc(Cl)cc2)cc1)c1ccncc1. The number of halogens is 1. The molecule has 3 aromatic rings. The molecule has 2 aromatic carbocycles. The molecule has 0 aliphatic rings. The highest BCUT2D eigenvalue weighted by atomic mass is 35.5. The molecule has 0 spiro atoms. The first-order valence-electron chi connectivity index (χ1n) is 8.02. The Morgan fingerprint density at radius 2 is 1.48 bits per heavy atom. The molecular weight excluding hydrogens is 364 g/mol. The first-order valence-corrected chi connectivity index (χ1v) is 8.40. The van der Waals surface area contributed by atoms with Crippen LogP contribution in [-0.2, 0) is 0 Å². The largest absolute Gasteiger partial charge is 0.322 e. The summed E-state index contributed by atoms with van der Waals surface area (Å²) in [7, 11) is 0. The van der Waals surface area contributed by atoms with Gasteiger partial charge in [0.25, 0.3) is 11.8 Å². The van der Waals surface area contributed by atoms with Crippen molar-refractivity contribution in [1.29, 1.82) is 0 Å². The van der Waals surface area contributed by atoms with E-state index < -0.39 is 0 Å². The maximum Gasteiger partial charge on any atom is 0.271 e. The van der Waals surface area contributed by atoms with E-state index in [1.165, 1.54) is 18.6 Å². The van der Waals surface area contributed by atoms with Crippen molar-refractivity contribution in [3.63, 3.8) is 0 Å². The number of carbonyl (C=O) groups excluding carboxylic acids is 2. The molecule has 2 amide bonds. The lowest BCUT2D eigenvalue weighted by Crippen LogP contribution is -2.17. The van der Waals surface area contributed by atoms with E-state index in [1.807, 2.05) is 0 Å². The van der Waals surface area contributed by atoms with Gasteiger partial charge in [-0.2, -0.15) is 5.10 Å². The van der Waals surface area contributed by atoms with E-state index in [4.69, 9.17) is 11.6 Å². The molecule has 134 valence electrons. The molecule has 0 radical (unpaired) electrons. The van der Waals surface area contributed by atoms with Gasteiger partial charge in [0.15, 0.2) is 0 Å². The number of pyridine rings is 1. The second-order valence-corrected chi connectivity index (χ2v) is 5.95. The topological polar surface area (TPSA) is 83.5 Å². The van der Waals surface area contributed by atoms with Crippen LogP contribution in [0.4, 0.5) is 5.69 Å². The molecule has 0 atom stereocenters. The quantitative estimate of drug-likeness (QED) is 0.524. The molecule has 27 heavy (non-hydrogen) atoms. The predicted octanol–water partition coefficient (Wildman–Crippen LogP) is 3.75. The fourth-order valence-electron chi connectivity index (χ4n) is 2.19. The fraction of sp³-hybridized carbons (Fsp3) is 0. The zero-order valence-electron chi connectivity index (χ0n) is 14.1. The van der Waals surface area contributed by atoms with Gasteiger partial charge in [-0.1, -0.05) is 23.7 Å². The van der Waals surface area contributed by atoms with Gasteiger partial charge in [-0.3, -0.25) is 14.6 Å². The highest BCUT2D eigenvalue weighted by molar-refractivity contribution is 6.30. The average Bonchev–Trinajstić information content (AvgIpc) is 2.71. The Bertz CT molecular complexity index is 956. The Hall–Kier alpha value is -3.51. The van der Waals surface area contributed by atoms with E-state index in [9.17, 15) is 9.59 Å². The van der Waals surface area contributed by atoms with E-state index in [0.717, 1.165) is 5.56 Å². The van der Waals surface area contributed by atoms with Crippen molar-refractivity contribution < 1.29 is 9.59 Å². The number of anilines is 1. The van der Waals surface area contributed by atoms with Crippen molar-refractivity contribution in [2.24, 2.45) is 5.10 Å². The van der Waals surface area contributed by atoms with E-state index in [-0.39, 0.29) is 11.8 Å². The number of nitrogens with one attached hydrogen (secondary N) is 2. The number of nitrogens with zero attached hydrogens (tertiary/aromatic N) is 2. The lowest BCUT2D eigenvalue weighted by atomic mass is 10.1. The number of carbonyl (C=O) groups is 2. The van der Waals surface area contributed by atoms with Gasteiger partial charge >= 0.3 is 0 Å². The number of hydrogen-bond donors (Lipinski definition) is 2. The molecule has 7 heteroatoms. The van der Waals surface area contributed by atoms with Gasteiger partial charge in [-0.15, -0.1) is 0 Å². The molecule has 0 fully saturated rings. The zero-order valence-corrected chi connectivity index (χ0v) is 14.9. The Labute approximate surface area is 160 Å². The third-order valence-electron chi connectivity index (χ3n) is 3.60. The zero-order chi connectivity index (χ0) is 19.1. The molecule has 0 saturated carbocycles. The van der Waals surface area contributed by atoms with Gasteiger partial charge in [0.2, 0.25) is 0 Å². The third-order valence-corrected chi connectivity index (χ3v) is 3.85. The number of hydrazone groups is 1. The Morgan fingerprint density at radius 1 is 0.852 bits per heavy atom. The summed E-state index contributed by atoms with van der Waals surface area (Å²) in [5.74, 6) is -0.556. The van der Waals surface area contributed by atoms with Gasteiger partial charge < -0.3 is 5.32 Å². The molecule has 0 saturated heterocycles. The Kier molecular flexibility index (Phi) is 5.91. The van der Waals surface area contributed by atoms with E-state index >= 15 is 0 Å². The monoisotopic (exact) mass is 378 g/mol. The normalized spacial score (nSPS) is 10.6. The summed E-state index contributed by atoms with van der Waals surface area (Å²) in [6, 6.07) is 16.9. The number of amides is 2. The fourth-order valence-corrected chi connectivity index (χ4v) is 2.32. The molecule has 0 bridgehead atoms. The summed E-state index contributed by atoms with van der Waals surface area (Å²) in [6.45, 7) is 0. The molecule has 6 nitrogen and oxygen atoms in total. The van der Waals surface area contributed by atoms with Crippen molar-refractivity contribution in [2.45, 2.75) is 0 Å². The molecule has 1 aromatic heterocycles. The van der Waals surface area contributed by atoms with Crippen LogP contribution < -0.4 is 10.7 Å². The lowest BCUT2D eigenvalue weighted by molar-refractivity contribution is 0.0954. The van der Waals surface area contributed by atoms with Gasteiger partial charge in [-0.05, 0) is 54.1 Å². The average molecular weight is 379 g/mol. The molecule has 0 aliphatic carbocycles. The van der Waals surface area contributed by atoms with Crippen molar-refractivity contribution in [3.8, 4) is 0 Å². The van der Waals surface area contributed by atoms with Crippen LogP contribution in [0.25, 0.3) is 0 Å². The van der Waals surface area contributed by atoms with Crippen LogP contribution >= 0.6 is 11.6 Å². The standard InChI is InChI=1S/C20H15ClN4O2/c21-17-5-7-18(8-6-17)24-19(26)15-3-1-14(2-4-15)13-23-25-20(27)16-9-11-22-12-10-16/h1-13H,(H,24,26)(H,25,27). The van der Waals surface area contributed by atoms with Crippen molar-refractivity contribution >= 4 is 35.3 Å². The van der Waals surface area contributed by atoms with Gasteiger partial charge in [-0.25, -0.2) is 5.43 Å². The number of benzene rings is 2. The van der Waals surface area contributed by atoms with Crippen LogP contribution in [0.3, 0.4) is 0 Å². The van der Waals surface area contributed by atoms with Crippen molar-refractivity contribution in [1.82, 2.24) is 10.4 Å². The number of aromatic nitrogens is 1. The molecule has 0 unspecified atom stereocenters. The minimum absolute atomic E-state index is 0.230. The summed E-state index contributed by atoms with van der Waals surface area (Å²) < 4.78 is 0. The van der Waals surface area contributed by atoms with Crippen LogP contribution in [-0.4, -0.2) is 23.0 Å². The van der Waals surface area contributed by atoms with E-state index in [2.05, 4.69) is 20.8 Å². The summed E-state index contributed by atoms with van der Waals surface area (Å²) >= 11 is 5.82. The Morgan fingerprint density at radius 3 is 2.15 bits per heavy atom. The summed E-state index contributed by atoms with van der Waals surface area (Å²) in [5, 5.41) is 7.30. The van der Waals surface area contributed by atoms with Crippen molar-refractivity contribution in [3.05, 3.63) is 94.8 Å². The van der Waals surface area contributed by atoms with Crippen LogP contribution in [0.1, 0.15) is 26.3 Å². The minimum Gasteiger partial charge on any atom is -0.322 e. The van der Waals surface area contributed by atoms with Crippen molar-refractivity contribution in [2.75, 3.05) is 5.32 Å². The summed E-state index contributed by atoms with van der Waals surface area (Å²) in [5.41, 5.74) is 4.81. The molecule has 0 aliphatic heterocycles.